The van der Waals surface area contributed by atoms with E-state index in [0.29, 0.717) is 32.8 Å². The first-order valence-corrected chi connectivity index (χ1v) is 10.00. The smallest absolute Gasteiger partial charge is 0.462 e. The van der Waals surface area contributed by atoms with Gasteiger partial charge in [-0.05, 0) is 41.8 Å². The molecule has 0 bridgehead atoms. The fourth-order valence-electron chi connectivity index (χ4n) is 2.60. The molecule has 1 N–H and O–H groups in total. The summed E-state index contributed by atoms with van der Waals surface area (Å²) in [5, 5.41) is 3.52. The predicted molar refractivity (Wildman–Crippen MR) is 114 cm³/mol. The number of rotatable bonds is 10. The van der Waals surface area contributed by atoms with Crippen LogP contribution in [0.15, 0.2) is 48.1 Å². The van der Waals surface area contributed by atoms with Crippen molar-refractivity contribution in [2.75, 3.05) is 7.11 Å². The van der Waals surface area contributed by atoms with Crippen LogP contribution in [0.5, 0.6) is 11.5 Å². The van der Waals surface area contributed by atoms with Gasteiger partial charge in [-0.1, -0.05) is 35.3 Å². The molecule has 0 saturated carbocycles. The predicted octanol–water partition coefficient (Wildman–Crippen LogP) is 7.02. The molecule has 0 spiro atoms. The van der Waals surface area contributed by atoms with Crippen LogP contribution in [0.2, 0.25) is 10.0 Å². The number of hydrazone groups is 1. The second kappa shape index (κ2) is 10.7. The third kappa shape index (κ3) is 6.26. The fourth-order valence-corrected chi connectivity index (χ4v) is 2.92. The quantitative estimate of drug-likeness (QED) is 0.117. The van der Waals surface area contributed by atoms with Gasteiger partial charge in [-0.2, -0.15) is 35.8 Å². The lowest BCUT2D eigenvalue weighted by molar-refractivity contribution is -0.361. The molecule has 0 unspecified atom stereocenters. The molecule has 0 heterocycles. The molecule has 186 valence electrons. The van der Waals surface area contributed by atoms with Crippen molar-refractivity contribution in [2.24, 2.45) is 5.10 Å². The number of halogens is 9. The van der Waals surface area contributed by atoms with Gasteiger partial charge in [0.05, 0.1) is 23.4 Å². The van der Waals surface area contributed by atoms with Gasteiger partial charge in [0.2, 0.25) is 0 Å². The van der Waals surface area contributed by atoms with Crippen LogP contribution in [-0.2, 0) is 13.0 Å². The van der Waals surface area contributed by atoms with E-state index in [9.17, 15) is 30.7 Å². The van der Waals surface area contributed by atoms with Crippen LogP contribution in [0.1, 0.15) is 16.7 Å². The zero-order valence-corrected chi connectivity index (χ0v) is 18.8. The molecule has 0 radical (unpaired) electrons. The van der Waals surface area contributed by atoms with Crippen LogP contribution in [0.25, 0.3) is 0 Å². The Morgan fingerprint density at radius 3 is 2.26 bits per heavy atom. The molecule has 0 atom stereocenters. The van der Waals surface area contributed by atoms with Crippen molar-refractivity contribution in [3.05, 3.63) is 69.7 Å². The summed E-state index contributed by atoms with van der Waals surface area (Å²) in [6.07, 6.45) is -4.13. The van der Waals surface area contributed by atoms with E-state index >= 15 is 0 Å². The Balaban J connectivity index is 2.29. The lowest BCUT2D eigenvalue weighted by Crippen LogP contribution is -2.58. The van der Waals surface area contributed by atoms with Crippen LogP contribution in [0.3, 0.4) is 0 Å². The maximum Gasteiger partial charge on any atom is 0.462 e. The van der Waals surface area contributed by atoms with Crippen molar-refractivity contribution in [2.45, 2.75) is 31.2 Å². The highest BCUT2D eigenvalue weighted by atomic mass is 35.5. The van der Waals surface area contributed by atoms with E-state index in [0.717, 1.165) is 0 Å². The Hall–Kier alpha value is -2.66. The Labute approximate surface area is 199 Å². The molecule has 0 amide bonds. The summed E-state index contributed by atoms with van der Waals surface area (Å²) < 4.78 is 100. The maximum atomic E-state index is 13.4. The molecule has 2 aromatic rings. The number of ether oxygens (including phenoxy) is 2. The van der Waals surface area contributed by atoms with Gasteiger partial charge in [-0.3, -0.25) is 0 Å². The van der Waals surface area contributed by atoms with Gasteiger partial charge in [0.25, 0.3) is 0 Å². The topological polar surface area (TPSA) is 42.9 Å². The van der Waals surface area contributed by atoms with Crippen LogP contribution in [-0.4, -0.2) is 31.5 Å². The fraction of sp³-hybridized carbons (Fsp3) is 0.286. The second-order valence-electron chi connectivity index (χ2n) is 6.76. The molecule has 2 rings (SSSR count). The van der Waals surface area contributed by atoms with Gasteiger partial charge in [0.15, 0.2) is 11.5 Å². The van der Waals surface area contributed by atoms with E-state index < -0.39 is 18.1 Å². The Bertz CT molecular complexity index is 1060. The summed E-state index contributed by atoms with van der Waals surface area (Å²) in [5.74, 6) is -5.97. The van der Waals surface area contributed by atoms with Crippen molar-refractivity contribution in [1.29, 1.82) is 0 Å². The van der Waals surface area contributed by atoms with E-state index in [1.165, 1.54) is 25.3 Å². The summed E-state index contributed by atoms with van der Waals surface area (Å²) >= 11 is 11.9. The van der Waals surface area contributed by atoms with Gasteiger partial charge in [-0.15, -0.1) is 6.58 Å². The van der Waals surface area contributed by atoms with Crippen molar-refractivity contribution in [3.8, 4) is 11.5 Å². The monoisotopic (exact) mass is 532 g/mol. The number of alkyl halides is 7. The van der Waals surface area contributed by atoms with E-state index in [-0.39, 0.29) is 30.1 Å². The minimum atomic E-state index is -6.48. The van der Waals surface area contributed by atoms with E-state index in [4.69, 9.17) is 32.7 Å². The number of benzene rings is 2. The molecule has 0 fully saturated rings. The lowest BCUT2D eigenvalue weighted by Gasteiger charge is -2.27. The van der Waals surface area contributed by atoms with Crippen molar-refractivity contribution in [1.82, 2.24) is 5.43 Å². The van der Waals surface area contributed by atoms with Crippen LogP contribution >= 0.6 is 23.2 Å². The third-order valence-electron chi connectivity index (χ3n) is 4.27. The minimum Gasteiger partial charge on any atom is -0.493 e. The van der Waals surface area contributed by atoms with Gasteiger partial charge in [0.1, 0.15) is 6.61 Å². The molecule has 2 aromatic carbocycles. The van der Waals surface area contributed by atoms with E-state index in [1.54, 1.807) is 18.2 Å². The highest BCUT2D eigenvalue weighted by Crippen LogP contribution is 2.45. The van der Waals surface area contributed by atoms with Crippen LogP contribution in [0, 0.1) is 0 Å². The van der Waals surface area contributed by atoms with Gasteiger partial charge in [-0.25, -0.2) is 5.43 Å². The second-order valence-corrected chi connectivity index (χ2v) is 7.57. The summed E-state index contributed by atoms with van der Waals surface area (Å²) in [4.78, 5) is 0. The molecule has 0 aliphatic carbocycles. The average Bonchev–Trinajstić information content (AvgIpc) is 2.74. The molecular weight excluding hydrogens is 516 g/mol. The molecule has 0 aromatic heterocycles. The highest BCUT2D eigenvalue weighted by Gasteiger charge is 2.73. The molecule has 4 nitrogen and oxygen atoms in total. The van der Waals surface area contributed by atoms with Crippen molar-refractivity contribution < 1.29 is 40.2 Å². The molecule has 34 heavy (non-hydrogen) atoms. The minimum absolute atomic E-state index is 0.0468. The maximum absolute atomic E-state index is 13.4. The van der Waals surface area contributed by atoms with E-state index in [2.05, 4.69) is 11.7 Å². The molecule has 13 heteroatoms. The third-order valence-corrected chi connectivity index (χ3v) is 5.01. The average molecular weight is 533 g/mol. The zero-order valence-electron chi connectivity index (χ0n) is 17.3. The molecule has 0 saturated heterocycles. The highest BCUT2D eigenvalue weighted by molar-refractivity contribution is 6.42. The summed E-state index contributed by atoms with van der Waals surface area (Å²) in [6, 6.07) is 1.82. The first kappa shape index (κ1) is 27.6. The van der Waals surface area contributed by atoms with Crippen LogP contribution in [0.4, 0.5) is 30.7 Å². The Morgan fingerprint density at radius 1 is 1.03 bits per heavy atom. The zero-order chi connectivity index (χ0) is 25.7. The van der Waals surface area contributed by atoms with Gasteiger partial charge in [0, 0.05) is 5.56 Å². The van der Waals surface area contributed by atoms with Crippen molar-refractivity contribution in [3.63, 3.8) is 0 Å². The van der Waals surface area contributed by atoms with Gasteiger partial charge >= 0.3 is 18.1 Å². The normalized spacial score (nSPS) is 12.6. The number of hydrogen-bond acceptors (Lipinski definition) is 4. The lowest BCUT2D eigenvalue weighted by atomic mass is 10.1. The molecular formula is C21H17Cl2F7N2O2. The number of hydrogen-bond donors (Lipinski definition) is 1. The van der Waals surface area contributed by atoms with Gasteiger partial charge < -0.3 is 9.47 Å². The number of nitrogens with zero attached hydrogens (tertiary/aromatic N) is 1. The summed E-state index contributed by atoms with van der Waals surface area (Å²) in [7, 11) is 1.29. The number of nitrogens with one attached hydrogen (secondary N) is 1. The first-order valence-electron chi connectivity index (χ1n) is 9.24. The summed E-state index contributed by atoms with van der Waals surface area (Å²) in [6.45, 7) is 3.65. The first-order chi connectivity index (χ1) is 15.7. The van der Waals surface area contributed by atoms with Crippen LogP contribution < -0.4 is 14.9 Å². The Kier molecular flexibility index (Phi) is 8.70. The SMILES string of the molecule is C=CCc1cc(/C=N/NC(F)(F)C(F)(F)C(F)(F)F)cc(OC)c1OCc1ccc(Cl)c(Cl)c1. The molecule has 0 aliphatic heterocycles. The number of allylic oxidation sites excluding steroid dienone is 1. The summed E-state index contributed by atoms with van der Waals surface area (Å²) in [5.41, 5.74) is 1.73. The van der Waals surface area contributed by atoms with E-state index in [1.807, 2.05) is 0 Å². The van der Waals surface area contributed by atoms with Crippen molar-refractivity contribution >= 4 is 29.4 Å². The Morgan fingerprint density at radius 2 is 1.71 bits per heavy atom. The molecule has 0 aliphatic rings. The number of methoxy groups -OCH3 is 1. The largest absolute Gasteiger partial charge is 0.493 e. The standard InChI is InChI=1S/C21H17Cl2F7N2O2/c1-3-4-14-7-13(10-31-32-21(29,30)19(24,25)20(26,27)28)9-17(33-2)18(14)34-11-12-5-6-15(22)16(23)8-12/h3,5-10,32H,1,4,11H2,2H3/b31-10+.